The van der Waals surface area contributed by atoms with Crippen molar-refractivity contribution >= 4 is 15.9 Å². The first-order valence-corrected chi connectivity index (χ1v) is 6.59. The molecule has 0 unspecified atom stereocenters. The van der Waals surface area contributed by atoms with Crippen LogP contribution < -0.4 is 0 Å². The Morgan fingerprint density at radius 2 is 2.00 bits per heavy atom. The lowest BCUT2D eigenvalue weighted by atomic mass is 10.1. The molecule has 0 aromatic rings. The normalized spacial score (nSPS) is 14.6. The van der Waals surface area contributed by atoms with Crippen molar-refractivity contribution in [2.75, 3.05) is 11.9 Å². The summed E-state index contributed by atoms with van der Waals surface area (Å²) in [6.07, 6.45) is 1.56. The first-order chi connectivity index (χ1) is 7.81. The lowest BCUT2D eigenvalue weighted by Gasteiger charge is -2.18. The van der Waals surface area contributed by atoms with Crippen LogP contribution in [0.3, 0.4) is 0 Å². The molecule has 0 heterocycles. The zero-order chi connectivity index (χ0) is 13.5. The molecule has 0 aliphatic carbocycles. The smallest absolute Gasteiger partial charge is 0.186 e. The van der Waals surface area contributed by atoms with E-state index in [1.54, 1.807) is 20.8 Å². The van der Waals surface area contributed by atoms with E-state index in [-0.39, 0.29) is 24.1 Å². The number of halogens is 3. The van der Waals surface area contributed by atoms with Crippen molar-refractivity contribution < 1.29 is 18.6 Å². The molecule has 0 rings (SSSR count). The third-order valence-electron chi connectivity index (χ3n) is 1.99. The Morgan fingerprint density at radius 3 is 2.41 bits per heavy atom. The molecule has 0 amide bonds. The molecule has 0 bridgehead atoms. The molecule has 17 heavy (non-hydrogen) atoms. The molecule has 2 nitrogen and oxygen atoms in total. The van der Waals surface area contributed by atoms with Crippen LogP contribution in [-0.2, 0) is 4.74 Å². The van der Waals surface area contributed by atoms with Gasteiger partial charge in [0.15, 0.2) is 11.6 Å². The highest BCUT2D eigenvalue weighted by Crippen LogP contribution is 2.22. The fraction of sp³-hybridized carbons (Fsp3) is 0.667. The molecule has 0 aliphatic heterocycles. The molecule has 0 saturated heterocycles. The minimum Gasteiger partial charge on any atom is -0.488 e. The van der Waals surface area contributed by atoms with Gasteiger partial charge in [-0.3, -0.25) is 0 Å². The van der Waals surface area contributed by atoms with E-state index in [1.165, 1.54) is 6.08 Å². The predicted molar refractivity (Wildman–Crippen MR) is 68.3 cm³/mol. The van der Waals surface area contributed by atoms with Crippen molar-refractivity contribution in [2.45, 2.75) is 39.2 Å². The Hall–Kier alpha value is -0.420. The van der Waals surface area contributed by atoms with E-state index in [0.717, 1.165) is 0 Å². The standard InChI is InChI=1S/C12H19BrF2O2/c1-4-9(14)11(10(15)5-7-13)17-8-6-12(2,3)16/h5,16H,4,6-8H2,1-3H3. The maximum Gasteiger partial charge on any atom is 0.186 e. The highest BCUT2D eigenvalue weighted by atomic mass is 79.9. The summed E-state index contributed by atoms with van der Waals surface area (Å²) in [4.78, 5) is 0. The largest absolute Gasteiger partial charge is 0.488 e. The number of rotatable bonds is 7. The second kappa shape index (κ2) is 7.82. The van der Waals surface area contributed by atoms with Gasteiger partial charge >= 0.3 is 0 Å². The van der Waals surface area contributed by atoms with E-state index in [1.807, 2.05) is 0 Å². The van der Waals surface area contributed by atoms with Gasteiger partial charge in [0.1, 0.15) is 5.83 Å². The molecule has 100 valence electrons. The van der Waals surface area contributed by atoms with Gasteiger partial charge in [-0.05, 0) is 19.9 Å². The van der Waals surface area contributed by atoms with E-state index in [9.17, 15) is 13.9 Å². The van der Waals surface area contributed by atoms with Gasteiger partial charge < -0.3 is 9.84 Å². The monoisotopic (exact) mass is 312 g/mol. The van der Waals surface area contributed by atoms with Gasteiger partial charge in [-0.25, -0.2) is 8.78 Å². The first kappa shape index (κ1) is 16.6. The minimum absolute atomic E-state index is 0.0653. The Balaban J connectivity index is 4.60. The van der Waals surface area contributed by atoms with Crippen LogP contribution in [0.25, 0.3) is 0 Å². The SMILES string of the molecule is CCC(F)=C(OCCC(C)(C)O)C(F)=CCBr. The van der Waals surface area contributed by atoms with Crippen LogP contribution in [0.5, 0.6) is 0 Å². The molecule has 0 spiro atoms. The average Bonchev–Trinajstić information content (AvgIpc) is 2.22. The zero-order valence-electron chi connectivity index (χ0n) is 10.4. The van der Waals surface area contributed by atoms with Crippen LogP contribution >= 0.6 is 15.9 Å². The van der Waals surface area contributed by atoms with Crippen LogP contribution in [0.4, 0.5) is 8.78 Å². The van der Waals surface area contributed by atoms with Gasteiger partial charge in [-0.2, -0.15) is 0 Å². The van der Waals surface area contributed by atoms with Gasteiger partial charge in [0, 0.05) is 18.2 Å². The summed E-state index contributed by atoms with van der Waals surface area (Å²) in [6.45, 7) is 4.87. The topological polar surface area (TPSA) is 29.5 Å². The summed E-state index contributed by atoms with van der Waals surface area (Å²) in [5, 5.41) is 9.75. The quantitative estimate of drug-likeness (QED) is 0.437. The van der Waals surface area contributed by atoms with Crippen molar-refractivity contribution in [3.8, 4) is 0 Å². The lowest BCUT2D eigenvalue weighted by molar-refractivity contribution is 0.0424. The van der Waals surface area contributed by atoms with Crippen molar-refractivity contribution in [1.82, 2.24) is 0 Å². The van der Waals surface area contributed by atoms with Crippen molar-refractivity contribution in [3.05, 3.63) is 23.5 Å². The van der Waals surface area contributed by atoms with Crippen LogP contribution in [0.1, 0.15) is 33.6 Å². The third kappa shape index (κ3) is 7.49. The fourth-order valence-corrected chi connectivity index (χ4v) is 1.28. The third-order valence-corrected chi connectivity index (χ3v) is 2.31. The number of aliphatic hydroxyl groups is 1. The molecule has 0 aromatic heterocycles. The van der Waals surface area contributed by atoms with Crippen LogP contribution in [0, 0.1) is 0 Å². The molecule has 0 radical (unpaired) electrons. The maximum absolute atomic E-state index is 13.5. The number of hydrogen-bond acceptors (Lipinski definition) is 2. The summed E-state index contributed by atoms with van der Waals surface area (Å²) < 4.78 is 31.9. The molecular weight excluding hydrogens is 294 g/mol. The van der Waals surface area contributed by atoms with Crippen LogP contribution in [0.2, 0.25) is 0 Å². The lowest BCUT2D eigenvalue weighted by Crippen LogP contribution is -2.21. The number of hydrogen-bond donors (Lipinski definition) is 1. The van der Waals surface area contributed by atoms with E-state index >= 15 is 0 Å². The molecule has 0 atom stereocenters. The summed E-state index contributed by atoms with van der Waals surface area (Å²) in [5.74, 6) is -1.72. The highest BCUT2D eigenvalue weighted by molar-refractivity contribution is 9.09. The first-order valence-electron chi connectivity index (χ1n) is 5.47. The Bertz CT molecular complexity index is 293. The second-order valence-electron chi connectivity index (χ2n) is 4.20. The molecule has 1 N–H and O–H groups in total. The Labute approximate surface area is 109 Å². The highest BCUT2D eigenvalue weighted by Gasteiger charge is 2.16. The zero-order valence-corrected chi connectivity index (χ0v) is 12.0. The van der Waals surface area contributed by atoms with Gasteiger partial charge in [0.2, 0.25) is 0 Å². The summed E-state index contributed by atoms with van der Waals surface area (Å²) in [5.41, 5.74) is -0.913. The average molecular weight is 313 g/mol. The molecule has 0 aromatic carbocycles. The number of allylic oxidation sites excluding steroid dienone is 3. The molecule has 5 heteroatoms. The van der Waals surface area contributed by atoms with Crippen LogP contribution in [0.15, 0.2) is 23.5 Å². The maximum atomic E-state index is 13.5. The Morgan fingerprint density at radius 1 is 1.41 bits per heavy atom. The molecular formula is C12H19BrF2O2. The fourth-order valence-electron chi connectivity index (χ4n) is 1.00. The van der Waals surface area contributed by atoms with Crippen molar-refractivity contribution in [3.63, 3.8) is 0 Å². The molecule has 0 aliphatic rings. The van der Waals surface area contributed by atoms with E-state index in [0.29, 0.717) is 6.42 Å². The Kier molecular flexibility index (Phi) is 7.63. The van der Waals surface area contributed by atoms with Gasteiger partial charge in [0.25, 0.3) is 0 Å². The van der Waals surface area contributed by atoms with Crippen LogP contribution in [-0.4, -0.2) is 22.6 Å². The van der Waals surface area contributed by atoms with Gasteiger partial charge in [0.05, 0.1) is 12.2 Å². The summed E-state index contributed by atoms with van der Waals surface area (Å²) >= 11 is 3.03. The van der Waals surface area contributed by atoms with E-state index < -0.39 is 17.3 Å². The molecule has 0 saturated carbocycles. The van der Waals surface area contributed by atoms with E-state index in [4.69, 9.17) is 4.74 Å². The van der Waals surface area contributed by atoms with Crippen molar-refractivity contribution in [1.29, 1.82) is 0 Å². The number of ether oxygens (including phenoxy) is 1. The predicted octanol–water partition coefficient (Wildman–Crippen LogP) is 4.00. The minimum atomic E-state index is -0.913. The number of alkyl halides is 1. The van der Waals surface area contributed by atoms with Gasteiger partial charge in [-0.15, -0.1) is 0 Å². The van der Waals surface area contributed by atoms with Gasteiger partial charge in [-0.1, -0.05) is 22.9 Å². The summed E-state index contributed by atoms with van der Waals surface area (Å²) in [6, 6.07) is 0. The second-order valence-corrected chi connectivity index (χ2v) is 4.85. The van der Waals surface area contributed by atoms with E-state index in [2.05, 4.69) is 15.9 Å². The summed E-state index contributed by atoms with van der Waals surface area (Å²) in [7, 11) is 0. The van der Waals surface area contributed by atoms with Crippen molar-refractivity contribution in [2.24, 2.45) is 0 Å². The molecule has 0 fully saturated rings.